The Labute approximate surface area is 166 Å². The van der Waals surface area contributed by atoms with Crippen molar-refractivity contribution in [3.8, 4) is 0 Å². The molecular formula is C20H33N3O5. The molecule has 8 nitrogen and oxygen atoms in total. The lowest BCUT2D eigenvalue weighted by molar-refractivity contribution is -0.161. The predicted molar refractivity (Wildman–Crippen MR) is 103 cm³/mol. The third kappa shape index (κ3) is 4.64. The average Bonchev–Trinajstić information content (AvgIpc) is 2.82. The van der Waals surface area contributed by atoms with Gasteiger partial charge in [-0.2, -0.15) is 0 Å². The molecule has 1 aliphatic heterocycles. The Bertz CT molecular complexity index is 617. The number of nitrogens with one attached hydrogen (secondary N) is 1. The summed E-state index contributed by atoms with van der Waals surface area (Å²) in [6.45, 7) is 9.14. The molecule has 0 aromatic rings. The number of imide groups is 1. The fraction of sp³-hybridized carbons (Fsp3) is 0.800. The molecule has 28 heavy (non-hydrogen) atoms. The Morgan fingerprint density at radius 3 is 2.18 bits per heavy atom. The summed E-state index contributed by atoms with van der Waals surface area (Å²) >= 11 is 0. The monoisotopic (exact) mass is 395 g/mol. The first-order chi connectivity index (χ1) is 13.1. The van der Waals surface area contributed by atoms with Gasteiger partial charge in [0.05, 0.1) is 6.42 Å². The van der Waals surface area contributed by atoms with Crippen molar-refractivity contribution >= 4 is 23.8 Å². The first-order valence-corrected chi connectivity index (χ1v) is 10.2. The first-order valence-electron chi connectivity index (χ1n) is 10.2. The number of esters is 1. The van der Waals surface area contributed by atoms with E-state index in [1.165, 1.54) is 0 Å². The Kier molecular flexibility index (Phi) is 7.06. The molecular weight excluding hydrogens is 362 g/mol. The number of rotatable bonds is 7. The molecule has 2 rings (SSSR count). The molecule has 0 aromatic heterocycles. The van der Waals surface area contributed by atoms with E-state index in [4.69, 9.17) is 4.74 Å². The molecule has 2 aliphatic rings. The van der Waals surface area contributed by atoms with Crippen molar-refractivity contribution in [2.24, 2.45) is 0 Å². The highest BCUT2D eigenvalue weighted by Gasteiger charge is 2.51. The summed E-state index contributed by atoms with van der Waals surface area (Å²) in [5.41, 5.74) is -0.794. The third-order valence-electron chi connectivity index (χ3n) is 5.52. The summed E-state index contributed by atoms with van der Waals surface area (Å²) in [5, 5.41) is 2.82. The normalized spacial score (nSPS) is 19.9. The van der Waals surface area contributed by atoms with Gasteiger partial charge in [-0.1, -0.05) is 19.3 Å². The van der Waals surface area contributed by atoms with Crippen LogP contribution in [0.4, 0.5) is 4.79 Å². The molecule has 1 spiro atoms. The number of ether oxygens (including phenoxy) is 1. The first kappa shape index (κ1) is 22.2. The summed E-state index contributed by atoms with van der Waals surface area (Å²) < 4.78 is 5.26. The fourth-order valence-electron chi connectivity index (χ4n) is 4.20. The van der Waals surface area contributed by atoms with E-state index in [2.05, 4.69) is 5.32 Å². The summed E-state index contributed by atoms with van der Waals surface area (Å²) in [6.07, 6.45) is 3.12. The fourth-order valence-corrected chi connectivity index (χ4v) is 4.20. The van der Waals surface area contributed by atoms with Crippen molar-refractivity contribution in [1.82, 2.24) is 15.1 Å². The van der Waals surface area contributed by atoms with Gasteiger partial charge >= 0.3 is 12.0 Å². The summed E-state index contributed by atoms with van der Waals surface area (Å²) in [4.78, 5) is 52.4. The Hall–Kier alpha value is -2.12. The molecule has 1 unspecified atom stereocenters. The molecule has 1 heterocycles. The van der Waals surface area contributed by atoms with Crippen LogP contribution in [0.2, 0.25) is 0 Å². The molecule has 0 bridgehead atoms. The van der Waals surface area contributed by atoms with E-state index in [0.717, 1.165) is 24.2 Å². The van der Waals surface area contributed by atoms with E-state index in [1.807, 2.05) is 27.7 Å². The molecule has 1 N–H and O–H groups in total. The number of carbonyl (C=O) groups excluding carboxylic acids is 4. The van der Waals surface area contributed by atoms with Crippen LogP contribution in [0.25, 0.3) is 0 Å². The highest BCUT2D eigenvalue weighted by Crippen LogP contribution is 2.33. The second-order valence-corrected chi connectivity index (χ2v) is 8.34. The summed E-state index contributed by atoms with van der Waals surface area (Å²) in [5.74, 6) is -1.10. The van der Waals surface area contributed by atoms with Crippen LogP contribution in [0, 0.1) is 0 Å². The van der Waals surface area contributed by atoms with E-state index in [0.29, 0.717) is 12.8 Å². The molecule has 158 valence electrons. The number of nitrogens with zero attached hydrogens (tertiary/aromatic N) is 2. The van der Waals surface area contributed by atoms with Crippen molar-refractivity contribution in [3.63, 3.8) is 0 Å². The Morgan fingerprint density at radius 2 is 1.64 bits per heavy atom. The van der Waals surface area contributed by atoms with Gasteiger partial charge in [0.25, 0.3) is 11.8 Å². The largest absolute Gasteiger partial charge is 0.452 e. The maximum absolute atomic E-state index is 12.7. The van der Waals surface area contributed by atoms with Crippen molar-refractivity contribution in [2.45, 2.75) is 96.9 Å². The van der Waals surface area contributed by atoms with Gasteiger partial charge in [0, 0.05) is 18.6 Å². The van der Waals surface area contributed by atoms with Gasteiger partial charge < -0.3 is 15.0 Å². The lowest BCUT2D eigenvalue weighted by atomic mass is 9.82. The van der Waals surface area contributed by atoms with Crippen LogP contribution in [-0.2, 0) is 19.1 Å². The highest BCUT2D eigenvalue weighted by atomic mass is 16.5. The van der Waals surface area contributed by atoms with Gasteiger partial charge in [0.2, 0.25) is 0 Å². The summed E-state index contributed by atoms with van der Waals surface area (Å²) in [6, 6.07) is -0.466. The van der Waals surface area contributed by atoms with E-state index >= 15 is 0 Å². The van der Waals surface area contributed by atoms with Gasteiger partial charge in [0.15, 0.2) is 6.10 Å². The maximum Gasteiger partial charge on any atom is 0.325 e. The molecule has 0 radical (unpaired) electrons. The van der Waals surface area contributed by atoms with Crippen LogP contribution in [0.5, 0.6) is 0 Å². The zero-order chi connectivity index (χ0) is 21.1. The molecule has 1 saturated heterocycles. The number of hydrogen-bond acceptors (Lipinski definition) is 5. The second kappa shape index (κ2) is 8.92. The predicted octanol–water partition coefficient (Wildman–Crippen LogP) is 2.21. The molecule has 1 saturated carbocycles. The zero-order valence-electron chi connectivity index (χ0n) is 17.6. The maximum atomic E-state index is 12.7. The number of urea groups is 1. The van der Waals surface area contributed by atoms with Crippen LogP contribution < -0.4 is 5.32 Å². The number of carbonyl (C=O) groups is 4. The van der Waals surface area contributed by atoms with E-state index in [1.54, 1.807) is 11.8 Å². The topological polar surface area (TPSA) is 96.0 Å². The average molecular weight is 396 g/mol. The smallest absolute Gasteiger partial charge is 0.325 e. The van der Waals surface area contributed by atoms with Crippen LogP contribution in [-0.4, -0.2) is 63.9 Å². The van der Waals surface area contributed by atoms with Gasteiger partial charge in [0.1, 0.15) is 5.54 Å². The Morgan fingerprint density at radius 1 is 1.07 bits per heavy atom. The summed E-state index contributed by atoms with van der Waals surface area (Å²) in [7, 11) is 0. The van der Waals surface area contributed by atoms with Gasteiger partial charge in [-0.25, -0.2) is 4.79 Å². The molecule has 0 aromatic carbocycles. The van der Waals surface area contributed by atoms with Crippen molar-refractivity contribution < 1.29 is 23.9 Å². The number of amides is 4. The quantitative estimate of drug-likeness (QED) is 0.527. The number of hydrogen-bond donors (Lipinski definition) is 1. The van der Waals surface area contributed by atoms with Crippen LogP contribution in [0.3, 0.4) is 0 Å². The van der Waals surface area contributed by atoms with Crippen LogP contribution in [0.15, 0.2) is 0 Å². The van der Waals surface area contributed by atoms with Crippen LogP contribution >= 0.6 is 0 Å². The van der Waals surface area contributed by atoms with Gasteiger partial charge in [-0.15, -0.1) is 0 Å². The van der Waals surface area contributed by atoms with Crippen molar-refractivity contribution in [2.75, 3.05) is 6.54 Å². The second-order valence-electron chi connectivity index (χ2n) is 8.34. The Balaban J connectivity index is 1.89. The lowest BCUT2D eigenvalue weighted by Crippen LogP contribution is -2.48. The molecule has 2 fully saturated rings. The van der Waals surface area contributed by atoms with Gasteiger partial charge in [-0.3, -0.25) is 19.3 Å². The van der Waals surface area contributed by atoms with E-state index < -0.39 is 23.6 Å². The molecule has 4 amide bonds. The van der Waals surface area contributed by atoms with E-state index in [-0.39, 0.29) is 36.9 Å². The zero-order valence-corrected chi connectivity index (χ0v) is 17.6. The van der Waals surface area contributed by atoms with Crippen molar-refractivity contribution in [1.29, 1.82) is 0 Å². The lowest BCUT2D eigenvalue weighted by Gasteiger charge is -2.32. The molecule has 8 heteroatoms. The highest BCUT2D eigenvalue weighted by molar-refractivity contribution is 6.07. The minimum Gasteiger partial charge on any atom is -0.452 e. The minimum absolute atomic E-state index is 0.00810. The van der Waals surface area contributed by atoms with Crippen molar-refractivity contribution in [3.05, 3.63) is 0 Å². The van der Waals surface area contributed by atoms with Gasteiger partial charge in [-0.05, 0) is 47.5 Å². The minimum atomic E-state index is -0.912. The molecule has 1 atom stereocenters. The standard InChI is InChI=1S/C20H33N3O5/c1-13(2)23(14(3)4)17(25)15(5)28-16(24)9-12-22-18(26)20(21-19(22)27)10-7-6-8-11-20/h13-15H,6-12H2,1-5H3,(H,21,27). The molecule has 1 aliphatic carbocycles. The third-order valence-corrected chi connectivity index (χ3v) is 5.52. The van der Waals surface area contributed by atoms with Crippen LogP contribution in [0.1, 0.15) is 73.1 Å². The SMILES string of the molecule is CC(OC(=O)CCN1C(=O)NC2(CCCCC2)C1=O)C(=O)N(C(C)C)C(C)C. The van der Waals surface area contributed by atoms with E-state index in [9.17, 15) is 19.2 Å².